The van der Waals surface area contributed by atoms with Crippen LogP contribution in [-0.4, -0.2) is 25.8 Å². The average Bonchev–Trinajstić information content (AvgIpc) is 2.64. The van der Waals surface area contributed by atoms with Crippen LogP contribution in [0.4, 0.5) is 0 Å². The van der Waals surface area contributed by atoms with Crippen molar-refractivity contribution in [3.05, 3.63) is 17.9 Å². The maximum atomic E-state index is 12.3. The van der Waals surface area contributed by atoms with Crippen LogP contribution in [0.1, 0.15) is 31.4 Å². The van der Waals surface area contributed by atoms with Crippen molar-refractivity contribution >= 4 is 21.6 Å². The first kappa shape index (κ1) is 12.9. The van der Waals surface area contributed by atoms with Gasteiger partial charge in [-0.1, -0.05) is 12.8 Å². The van der Waals surface area contributed by atoms with E-state index >= 15 is 0 Å². The van der Waals surface area contributed by atoms with E-state index in [1.807, 2.05) is 0 Å². The van der Waals surface area contributed by atoms with E-state index < -0.39 is 10.0 Å². The molecule has 0 aliphatic carbocycles. The zero-order valence-corrected chi connectivity index (χ0v) is 11.1. The van der Waals surface area contributed by atoms with Crippen LogP contribution in [0, 0.1) is 0 Å². The van der Waals surface area contributed by atoms with Gasteiger partial charge in [-0.15, -0.1) is 11.6 Å². The lowest BCUT2D eigenvalue weighted by molar-refractivity contribution is 0.377. The number of sulfonamides is 1. The smallest absolute Gasteiger partial charge is 0.276 e. The van der Waals surface area contributed by atoms with Gasteiger partial charge in [0.05, 0.1) is 5.88 Å². The molecule has 6 heteroatoms. The van der Waals surface area contributed by atoms with Gasteiger partial charge in [0, 0.05) is 13.1 Å². The van der Waals surface area contributed by atoms with Gasteiger partial charge < -0.3 is 4.42 Å². The standard InChI is InChI=1S/C11H16ClNO3S/c12-9-10-5-6-11(16-10)17(14,15)13-7-3-1-2-4-8-13/h5-6H,1-4,7-9H2. The van der Waals surface area contributed by atoms with Gasteiger partial charge in [-0.05, 0) is 25.0 Å². The summed E-state index contributed by atoms with van der Waals surface area (Å²) in [5, 5.41) is 0.00931. The van der Waals surface area contributed by atoms with Crippen molar-refractivity contribution in [2.75, 3.05) is 13.1 Å². The fraction of sp³-hybridized carbons (Fsp3) is 0.636. The van der Waals surface area contributed by atoms with Crippen molar-refractivity contribution in [3.8, 4) is 0 Å². The van der Waals surface area contributed by atoms with E-state index in [1.165, 1.54) is 10.4 Å². The average molecular weight is 278 g/mol. The molecule has 1 aliphatic rings. The topological polar surface area (TPSA) is 50.5 Å². The van der Waals surface area contributed by atoms with E-state index in [2.05, 4.69) is 0 Å². The molecule has 17 heavy (non-hydrogen) atoms. The molecule has 0 atom stereocenters. The second kappa shape index (κ2) is 5.42. The monoisotopic (exact) mass is 277 g/mol. The van der Waals surface area contributed by atoms with Crippen molar-refractivity contribution in [3.63, 3.8) is 0 Å². The van der Waals surface area contributed by atoms with E-state index in [0.29, 0.717) is 18.8 Å². The largest absolute Gasteiger partial charge is 0.447 e. The Kier molecular flexibility index (Phi) is 4.12. The Labute approximate surface area is 107 Å². The molecule has 0 N–H and O–H groups in total. The molecule has 1 aliphatic heterocycles. The summed E-state index contributed by atoms with van der Waals surface area (Å²) in [6.45, 7) is 1.17. The predicted molar refractivity (Wildman–Crippen MR) is 65.5 cm³/mol. The Balaban J connectivity index is 2.22. The molecule has 4 nitrogen and oxygen atoms in total. The Morgan fingerprint density at radius 2 is 1.82 bits per heavy atom. The van der Waals surface area contributed by atoms with E-state index in [4.69, 9.17) is 16.0 Å². The van der Waals surface area contributed by atoms with Crippen LogP contribution < -0.4 is 0 Å². The fourth-order valence-electron chi connectivity index (χ4n) is 1.98. The van der Waals surface area contributed by atoms with Crippen LogP contribution in [0.5, 0.6) is 0 Å². The third-order valence-corrected chi connectivity index (χ3v) is 4.96. The fourth-order valence-corrected chi connectivity index (χ4v) is 3.57. The maximum absolute atomic E-state index is 12.3. The minimum absolute atomic E-state index is 0.00931. The number of alkyl halides is 1. The first-order valence-electron chi connectivity index (χ1n) is 5.79. The van der Waals surface area contributed by atoms with E-state index in [9.17, 15) is 8.42 Å². The number of nitrogens with zero attached hydrogens (tertiary/aromatic N) is 1. The van der Waals surface area contributed by atoms with Crippen LogP contribution >= 0.6 is 11.6 Å². The summed E-state index contributed by atoms with van der Waals surface area (Å²) < 4.78 is 31.3. The molecular weight excluding hydrogens is 262 g/mol. The predicted octanol–water partition coefficient (Wildman–Crippen LogP) is 2.58. The summed E-state index contributed by atoms with van der Waals surface area (Å²) in [6.07, 6.45) is 4.03. The summed E-state index contributed by atoms with van der Waals surface area (Å²) in [7, 11) is -3.47. The Bertz CT molecular complexity index is 461. The molecule has 0 radical (unpaired) electrons. The van der Waals surface area contributed by atoms with Crippen LogP contribution in [0.15, 0.2) is 21.6 Å². The lowest BCUT2D eigenvalue weighted by atomic mass is 10.2. The molecule has 1 fully saturated rings. The Morgan fingerprint density at radius 3 is 2.35 bits per heavy atom. The summed E-state index contributed by atoms with van der Waals surface area (Å²) in [4.78, 5) is 0. The van der Waals surface area contributed by atoms with Crippen molar-refractivity contribution < 1.29 is 12.8 Å². The lowest BCUT2D eigenvalue weighted by Crippen LogP contribution is -2.31. The summed E-state index contributed by atoms with van der Waals surface area (Å²) in [5.74, 6) is 0.676. The molecule has 0 spiro atoms. The van der Waals surface area contributed by atoms with Crippen LogP contribution in [0.25, 0.3) is 0 Å². The van der Waals surface area contributed by atoms with Gasteiger partial charge in [0.1, 0.15) is 5.76 Å². The lowest BCUT2D eigenvalue weighted by Gasteiger charge is -2.17. The molecule has 0 amide bonds. The number of hydrogen-bond acceptors (Lipinski definition) is 3. The minimum atomic E-state index is -3.47. The highest BCUT2D eigenvalue weighted by Crippen LogP contribution is 2.22. The van der Waals surface area contributed by atoms with Gasteiger partial charge >= 0.3 is 0 Å². The Morgan fingerprint density at radius 1 is 1.18 bits per heavy atom. The molecule has 1 aromatic heterocycles. The third-order valence-electron chi connectivity index (χ3n) is 2.93. The molecule has 2 heterocycles. The summed E-state index contributed by atoms with van der Waals surface area (Å²) in [6, 6.07) is 3.09. The van der Waals surface area contributed by atoms with Gasteiger partial charge in [-0.3, -0.25) is 0 Å². The van der Waals surface area contributed by atoms with Gasteiger partial charge in [0.2, 0.25) is 5.09 Å². The molecule has 96 valence electrons. The molecule has 0 unspecified atom stereocenters. The van der Waals surface area contributed by atoms with Crippen LogP contribution in [-0.2, 0) is 15.9 Å². The van der Waals surface area contributed by atoms with E-state index in [0.717, 1.165) is 25.7 Å². The number of furan rings is 1. The SMILES string of the molecule is O=S(=O)(c1ccc(CCl)o1)N1CCCCCC1. The zero-order valence-electron chi connectivity index (χ0n) is 9.56. The van der Waals surface area contributed by atoms with Crippen molar-refractivity contribution in [2.45, 2.75) is 36.7 Å². The first-order chi connectivity index (χ1) is 8.14. The molecule has 2 rings (SSSR count). The van der Waals surface area contributed by atoms with E-state index in [-0.39, 0.29) is 11.0 Å². The van der Waals surface area contributed by atoms with Crippen molar-refractivity contribution in [2.24, 2.45) is 0 Å². The van der Waals surface area contributed by atoms with Gasteiger partial charge in [-0.2, -0.15) is 4.31 Å². The number of hydrogen-bond donors (Lipinski definition) is 0. The molecular formula is C11H16ClNO3S. The van der Waals surface area contributed by atoms with Crippen molar-refractivity contribution in [1.82, 2.24) is 4.31 Å². The minimum Gasteiger partial charge on any atom is -0.447 e. The molecule has 0 saturated carbocycles. The van der Waals surface area contributed by atoms with Crippen LogP contribution in [0.2, 0.25) is 0 Å². The third kappa shape index (κ3) is 2.84. The second-order valence-electron chi connectivity index (χ2n) is 4.17. The van der Waals surface area contributed by atoms with Gasteiger partial charge in [-0.25, -0.2) is 8.42 Å². The quantitative estimate of drug-likeness (QED) is 0.798. The number of rotatable bonds is 3. The van der Waals surface area contributed by atoms with Gasteiger partial charge in [0.15, 0.2) is 0 Å². The summed E-state index contributed by atoms with van der Waals surface area (Å²) >= 11 is 5.60. The first-order valence-corrected chi connectivity index (χ1v) is 7.77. The maximum Gasteiger partial charge on any atom is 0.276 e. The number of halogens is 1. The highest BCUT2D eigenvalue weighted by molar-refractivity contribution is 7.89. The summed E-state index contributed by atoms with van der Waals surface area (Å²) in [5.41, 5.74) is 0. The van der Waals surface area contributed by atoms with Crippen molar-refractivity contribution in [1.29, 1.82) is 0 Å². The zero-order chi connectivity index (χ0) is 12.3. The Hall–Kier alpha value is -0.520. The van der Waals surface area contributed by atoms with Gasteiger partial charge in [0.25, 0.3) is 10.0 Å². The molecule has 0 bridgehead atoms. The highest BCUT2D eigenvalue weighted by Gasteiger charge is 2.27. The van der Waals surface area contributed by atoms with E-state index in [1.54, 1.807) is 6.07 Å². The molecule has 0 aromatic carbocycles. The van der Waals surface area contributed by atoms with Crippen LogP contribution in [0.3, 0.4) is 0 Å². The highest BCUT2D eigenvalue weighted by atomic mass is 35.5. The molecule has 1 saturated heterocycles. The normalized spacial score (nSPS) is 19.1. The molecule has 1 aromatic rings. The second-order valence-corrected chi connectivity index (χ2v) is 6.31.